The molecule has 0 aromatic heterocycles. The molecule has 0 rings (SSSR count). The van der Waals surface area contributed by atoms with Crippen molar-refractivity contribution in [1.82, 2.24) is 0 Å². The van der Waals surface area contributed by atoms with Gasteiger partial charge in [-0.1, -0.05) is 0 Å². The Bertz CT molecular complexity index is 194. The Morgan fingerprint density at radius 2 is 2.00 bits per heavy atom. The first-order valence-corrected chi connectivity index (χ1v) is 2.10. The predicted octanol–water partition coefficient (Wildman–Crippen LogP) is 0.807. The summed E-state index contributed by atoms with van der Waals surface area (Å²) in [6.45, 7) is 3.47. The fourth-order valence-electron chi connectivity index (χ4n) is 0.169. The zero-order valence-electron chi connectivity index (χ0n) is 4.41. The molecule has 8 heavy (non-hydrogen) atoms. The van der Waals surface area contributed by atoms with E-state index in [-0.39, 0.29) is 0 Å². The molecular formula is C8H4. The van der Waals surface area contributed by atoms with E-state index in [0.29, 0.717) is 6.42 Å². The van der Waals surface area contributed by atoms with Gasteiger partial charge in [-0.25, -0.2) is 0 Å². The summed E-state index contributed by atoms with van der Waals surface area (Å²) in [5.74, 6) is 11.6. The molecule has 0 aliphatic carbocycles. The molecule has 0 heteroatoms. The summed E-state index contributed by atoms with van der Waals surface area (Å²) in [7, 11) is 0. The van der Waals surface area contributed by atoms with Crippen molar-refractivity contribution in [1.29, 1.82) is 0 Å². The van der Waals surface area contributed by atoms with Crippen LogP contribution in [0.3, 0.4) is 0 Å². The first-order valence-electron chi connectivity index (χ1n) is 2.10. The Morgan fingerprint density at radius 3 is 2.50 bits per heavy atom. The molecule has 0 fully saturated rings. The van der Waals surface area contributed by atoms with Crippen LogP contribution < -0.4 is 0 Å². The van der Waals surface area contributed by atoms with Gasteiger partial charge in [0, 0.05) is 0 Å². The molecule has 0 aromatic carbocycles. The Hall–Kier alpha value is -1.10. The number of hydrogen-bond donors (Lipinski definition) is 0. The van der Waals surface area contributed by atoms with Crippen LogP contribution in [0, 0.1) is 42.9 Å². The summed E-state index contributed by atoms with van der Waals surface area (Å²) in [5, 5.41) is 0. The first kappa shape index (κ1) is 6.90. The molecule has 0 radical (unpaired) electrons. The van der Waals surface area contributed by atoms with Crippen LogP contribution in [-0.4, -0.2) is 0 Å². The van der Waals surface area contributed by atoms with E-state index in [1.165, 1.54) is 0 Å². The normalized spacial score (nSPS) is 4.88. The van der Waals surface area contributed by atoms with E-state index in [1.54, 1.807) is 0 Å². The average molecular weight is 100 g/mol. The third kappa shape index (κ3) is 4.90. The summed E-state index contributed by atoms with van der Waals surface area (Å²) in [5.41, 5.74) is 0. The van der Waals surface area contributed by atoms with Crippen LogP contribution in [0.25, 0.3) is 0 Å². The van der Waals surface area contributed by atoms with E-state index in [1.807, 2.05) is 5.92 Å². The fraction of sp³-hybridized carbons (Fsp3) is 0.125. The molecule has 0 spiro atoms. The molecule has 0 aliphatic rings. The summed E-state index contributed by atoms with van der Waals surface area (Å²) in [6, 6.07) is 0. The number of rotatable bonds is 0. The van der Waals surface area contributed by atoms with Gasteiger partial charge in [-0.05, 0) is 0 Å². The van der Waals surface area contributed by atoms with E-state index in [0.717, 1.165) is 0 Å². The minimum absolute atomic E-state index is 0.562. The molecule has 0 bridgehead atoms. The molecule has 0 aliphatic heterocycles. The van der Waals surface area contributed by atoms with E-state index in [4.69, 9.17) is 6.42 Å². The van der Waals surface area contributed by atoms with Gasteiger partial charge in [-0.3, -0.25) is 0 Å². The second-order valence-corrected chi connectivity index (χ2v) is 0.927. The monoisotopic (exact) mass is 100 g/mol. The Morgan fingerprint density at radius 1 is 1.25 bits per heavy atom. The van der Waals surface area contributed by atoms with Crippen LogP contribution >= 0.6 is 0 Å². The standard InChI is InChI=1S/C8H4/c1-3-5-7-8-6-4-2/h1,3H2. The second-order valence-electron chi connectivity index (χ2n) is 0.927. The van der Waals surface area contributed by atoms with Crippen molar-refractivity contribution in [3.05, 3.63) is 13.3 Å². The molecule has 0 aromatic rings. The van der Waals surface area contributed by atoms with Gasteiger partial charge in [0.1, 0.15) is 0 Å². The van der Waals surface area contributed by atoms with Gasteiger partial charge in [-0.15, -0.1) is 0 Å². The number of hydrogen-bond acceptors (Lipinski definition) is 0. The van der Waals surface area contributed by atoms with Crippen molar-refractivity contribution in [2.24, 2.45) is 0 Å². The van der Waals surface area contributed by atoms with Crippen molar-refractivity contribution < 1.29 is 0 Å². The first-order chi connectivity index (χ1) is 3.91. The predicted molar refractivity (Wildman–Crippen MR) is 32.7 cm³/mol. The van der Waals surface area contributed by atoms with Crippen molar-refractivity contribution in [3.63, 3.8) is 0 Å². The molecule has 36 valence electrons. The van der Waals surface area contributed by atoms with E-state index >= 15 is 0 Å². The Kier molecular flexibility index (Phi) is 5.09. The van der Waals surface area contributed by atoms with Crippen LogP contribution in [0.15, 0.2) is 0 Å². The molecule has 0 saturated heterocycles. The fourth-order valence-corrected chi connectivity index (χ4v) is 0.169. The Labute approximate surface area is 50.3 Å². The van der Waals surface area contributed by atoms with Gasteiger partial charge in [0.05, 0.1) is 0 Å². The van der Waals surface area contributed by atoms with Crippen molar-refractivity contribution in [2.75, 3.05) is 0 Å². The minimum atomic E-state index is 0.562. The van der Waals surface area contributed by atoms with Crippen molar-refractivity contribution >= 4 is 0 Å². The van der Waals surface area contributed by atoms with Crippen LogP contribution in [0.4, 0.5) is 0 Å². The van der Waals surface area contributed by atoms with Crippen molar-refractivity contribution in [2.45, 2.75) is 6.42 Å². The molecular weight excluding hydrogens is 96.1 g/mol. The molecule has 0 nitrogen and oxygen atoms in total. The summed E-state index contributed by atoms with van der Waals surface area (Å²) in [4.78, 5) is 0. The van der Waals surface area contributed by atoms with Gasteiger partial charge in [0.25, 0.3) is 0 Å². The third-order valence-electron chi connectivity index (χ3n) is 0.401. The summed E-state index contributed by atoms with van der Waals surface area (Å²) < 4.78 is 0. The zero-order chi connectivity index (χ0) is 6.24. The van der Waals surface area contributed by atoms with Crippen LogP contribution in [-0.2, 0) is 0 Å². The van der Waals surface area contributed by atoms with Gasteiger partial charge in [0.2, 0.25) is 0 Å². The van der Waals surface area contributed by atoms with Crippen LogP contribution in [0.1, 0.15) is 6.42 Å². The van der Waals surface area contributed by atoms with Gasteiger partial charge in [-0.2, -0.15) is 0 Å². The third-order valence-corrected chi connectivity index (χ3v) is 0.401. The second kappa shape index (κ2) is 5.90. The SMILES string of the molecule is [C+]#CC#CC#CC[CH2-]. The quantitative estimate of drug-likeness (QED) is 0.312. The molecule has 0 heterocycles. The van der Waals surface area contributed by atoms with Gasteiger partial charge < -0.3 is 0 Å². The topological polar surface area (TPSA) is 0 Å². The average Bonchev–Trinajstić information content (AvgIpc) is 1.81. The van der Waals surface area contributed by atoms with E-state index in [9.17, 15) is 0 Å². The van der Waals surface area contributed by atoms with Crippen LogP contribution in [0.5, 0.6) is 0 Å². The van der Waals surface area contributed by atoms with Gasteiger partial charge in [0.15, 0.2) is 0 Å². The summed E-state index contributed by atoms with van der Waals surface area (Å²) >= 11 is 0. The molecule has 0 N–H and O–H groups in total. The molecule has 0 atom stereocenters. The van der Waals surface area contributed by atoms with E-state index < -0.39 is 0 Å². The van der Waals surface area contributed by atoms with Gasteiger partial charge >= 0.3 is 49.4 Å². The molecule has 0 saturated carbocycles. The van der Waals surface area contributed by atoms with Crippen molar-refractivity contribution in [3.8, 4) is 29.6 Å². The Balaban J connectivity index is 3.61. The van der Waals surface area contributed by atoms with E-state index in [2.05, 4.69) is 30.6 Å². The maximum absolute atomic E-state index is 6.33. The molecule has 0 amide bonds. The van der Waals surface area contributed by atoms with Crippen LogP contribution in [0.2, 0.25) is 0 Å². The molecule has 0 unspecified atom stereocenters. The summed E-state index contributed by atoms with van der Waals surface area (Å²) in [6.07, 6.45) is 6.89. The zero-order valence-corrected chi connectivity index (χ0v) is 4.41. The maximum atomic E-state index is 6.33.